The molecule has 3 aromatic rings. The van der Waals surface area contributed by atoms with E-state index in [0.29, 0.717) is 22.9 Å². The Labute approximate surface area is 165 Å². The molecule has 0 saturated carbocycles. The summed E-state index contributed by atoms with van der Waals surface area (Å²) in [5.41, 5.74) is 2.66. The van der Waals surface area contributed by atoms with Gasteiger partial charge >= 0.3 is 0 Å². The molecular weight excluding hydrogens is 376 g/mol. The highest BCUT2D eigenvalue weighted by Crippen LogP contribution is 2.27. The largest absolute Gasteiger partial charge is 0.494 e. The van der Waals surface area contributed by atoms with Crippen molar-refractivity contribution in [2.45, 2.75) is 6.92 Å². The lowest BCUT2D eigenvalue weighted by molar-refractivity contribution is -0.384. The average molecular weight is 392 g/mol. The number of nitro groups is 1. The number of hydrogen-bond acceptors (Lipinski definition) is 7. The first kappa shape index (κ1) is 19.1. The summed E-state index contributed by atoms with van der Waals surface area (Å²) in [5.74, 6) is 0.783. The lowest BCUT2D eigenvalue weighted by atomic mass is 10.1. The van der Waals surface area contributed by atoms with Gasteiger partial charge in [-0.05, 0) is 43.3 Å². The van der Waals surface area contributed by atoms with E-state index in [9.17, 15) is 15.4 Å². The smallest absolute Gasteiger partial charge is 0.269 e. The summed E-state index contributed by atoms with van der Waals surface area (Å²) >= 11 is 1.34. The Kier molecular flexibility index (Phi) is 5.99. The summed E-state index contributed by atoms with van der Waals surface area (Å²) in [7, 11) is 0. The number of anilines is 1. The third kappa shape index (κ3) is 4.52. The molecule has 0 spiro atoms. The molecule has 0 amide bonds. The van der Waals surface area contributed by atoms with Crippen molar-refractivity contribution in [1.82, 2.24) is 4.98 Å². The standard InChI is InChI=1S/C20H16N4O3S/c1-2-27-18-9-5-16(6-10-18)22-12-15(11-21)20-23-19(13-28-20)14-3-7-17(8-4-14)24(25)26/h3-10,12-13,22H,2H2,1H3/b15-12-. The Morgan fingerprint density at radius 3 is 2.61 bits per heavy atom. The van der Waals surface area contributed by atoms with E-state index in [-0.39, 0.29) is 5.69 Å². The third-order valence-corrected chi connectivity index (χ3v) is 4.65. The zero-order valence-corrected chi connectivity index (χ0v) is 15.8. The minimum Gasteiger partial charge on any atom is -0.494 e. The predicted octanol–water partition coefficient (Wildman–Crippen LogP) is 5.09. The van der Waals surface area contributed by atoms with E-state index >= 15 is 0 Å². The highest BCUT2D eigenvalue weighted by atomic mass is 32.1. The van der Waals surface area contributed by atoms with E-state index in [2.05, 4.69) is 16.4 Å². The van der Waals surface area contributed by atoms with Crippen LogP contribution in [0.15, 0.2) is 60.1 Å². The van der Waals surface area contributed by atoms with Gasteiger partial charge in [-0.3, -0.25) is 10.1 Å². The number of ether oxygens (including phenoxy) is 1. The van der Waals surface area contributed by atoms with Crippen LogP contribution in [0.25, 0.3) is 16.8 Å². The number of benzene rings is 2. The van der Waals surface area contributed by atoms with Crippen LogP contribution in [0.4, 0.5) is 11.4 Å². The summed E-state index contributed by atoms with van der Waals surface area (Å²) in [4.78, 5) is 14.8. The number of nitrogens with one attached hydrogen (secondary N) is 1. The topological polar surface area (TPSA) is 101 Å². The monoisotopic (exact) mass is 392 g/mol. The summed E-state index contributed by atoms with van der Waals surface area (Å²) in [6, 6.07) is 15.7. The molecule has 140 valence electrons. The maximum atomic E-state index is 10.8. The first-order valence-corrected chi connectivity index (χ1v) is 9.29. The Morgan fingerprint density at radius 1 is 1.29 bits per heavy atom. The summed E-state index contributed by atoms with van der Waals surface area (Å²) in [5, 5.41) is 25.7. The fourth-order valence-electron chi connectivity index (χ4n) is 2.40. The number of nitriles is 1. The van der Waals surface area contributed by atoms with Crippen LogP contribution in [-0.2, 0) is 0 Å². The molecule has 0 atom stereocenters. The zero-order chi connectivity index (χ0) is 19.9. The van der Waals surface area contributed by atoms with Gasteiger partial charge in [0.1, 0.15) is 22.4 Å². The van der Waals surface area contributed by atoms with Gasteiger partial charge in [-0.1, -0.05) is 0 Å². The van der Waals surface area contributed by atoms with Crippen molar-refractivity contribution in [3.63, 3.8) is 0 Å². The molecule has 28 heavy (non-hydrogen) atoms. The van der Waals surface area contributed by atoms with Gasteiger partial charge in [0.15, 0.2) is 0 Å². The van der Waals surface area contributed by atoms with Crippen molar-refractivity contribution >= 4 is 28.3 Å². The van der Waals surface area contributed by atoms with Crippen LogP contribution in [0.1, 0.15) is 11.9 Å². The zero-order valence-electron chi connectivity index (χ0n) is 15.0. The van der Waals surface area contributed by atoms with Crippen LogP contribution in [0.5, 0.6) is 5.75 Å². The lowest BCUT2D eigenvalue weighted by Gasteiger charge is -2.05. The molecule has 0 fully saturated rings. The van der Waals surface area contributed by atoms with Crippen molar-refractivity contribution in [3.05, 3.63) is 75.2 Å². The second-order valence-electron chi connectivity index (χ2n) is 5.61. The molecule has 0 aliphatic carbocycles. The van der Waals surface area contributed by atoms with Crippen LogP contribution in [0, 0.1) is 21.4 Å². The van der Waals surface area contributed by atoms with Gasteiger partial charge in [0.05, 0.1) is 17.2 Å². The molecule has 0 aliphatic heterocycles. The number of non-ortho nitro benzene ring substituents is 1. The number of nitro benzene ring substituents is 1. The number of allylic oxidation sites excluding steroid dienone is 1. The van der Waals surface area contributed by atoms with Crippen LogP contribution in [0.2, 0.25) is 0 Å². The number of rotatable bonds is 7. The molecule has 8 heteroatoms. The van der Waals surface area contributed by atoms with Crippen molar-refractivity contribution in [1.29, 1.82) is 5.26 Å². The van der Waals surface area contributed by atoms with E-state index in [1.165, 1.54) is 23.5 Å². The predicted molar refractivity (Wildman–Crippen MR) is 109 cm³/mol. The van der Waals surface area contributed by atoms with Crippen LogP contribution >= 0.6 is 11.3 Å². The van der Waals surface area contributed by atoms with Gasteiger partial charge in [0.2, 0.25) is 0 Å². The molecule has 0 unspecified atom stereocenters. The Morgan fingerprint density at radius 2 is 2.00 bits per heavy atom. The molecule has 0 aliphatic rings. The summed E-state index contributed by atoms with van der Waals surface area (Å²) in [6.07, 6.45) is 1.61. The first-order valence-electron chi connectivity index (χ1n) is 8.41. The Balaban J connectivity index is 1.75. The lowest BCUT2D eigenvalue weighted by Crippen LogP contribution is -1.93. The van der Waals surface area contributed by atoms with Gasteiger partial charge in [0, 0.05) is 35.0 Å². The molecule has 7 nitrogen and oxygen atoms in total. The third-order valence-electron chi connectivity index (χ3n) is 3.78. The molecule has 1 N–H and O–H groups in total. The van der Waals surface area contributed by atoms with Gasteiger partial charge in [-0.2, -0.15) is 5.26 Å². The minimum atomic E-state index is -0.445. The van der Waals surface area contributed by atoms with E-state index in [0.717, 1.165) is 17.0 Å². The molecule has 1 heterocycles. The van der Waals surface area contributed by atoms with E-state index in [1.54, 1.807) is 18.3 Å². The van der Waals surface area contributed by atoms with E-state index < -0.39 is 4.92 Å². The SMILES string of the molecule is CCOc1ccc(N/C=C(/C#N)c2nc(-c3ccc([N+](=O)[O-])cc3)cs2)cc1. The van der Waals surface area contributed by atoms with E-state index in [1.807, 2.05) is 36.6 Å². The van der Waals surface area contributed by atoms with Gasteiger partial charge < -0.3 is 10.1 Å². The fraction of sp³-hybridized carbons (Fsp3) is 0.100. The molecular formula is C20H16N4O3S. The van der Waals surface area contributed by atoms with Crippen LogP contribution in [0.3, 0.4) is 0 Å². The minimum absolute atomic E-state index is 0.0244. The van der Waals surface area contributed by atoms with Gasteiger partial charge in [-0.25, -0.2) is 4.98 Å². The number of thiazole rings is 1. The fourth-order valence-corrected chi connectivity index (χ4v) is 3.19. The maximum Gasteiger partial charge on any atom is 0.269 e. The molecule has 0 radical (unpaired) electrons. The maximum absolute atomic E-state index is 10.8. The first-order chi connectivity index (χ1) is 13.6. The summed E-state index contributed by atoms with van der Waals surface area (Å²) < 4.78 is 5.40. The van der Waals surface area contributed by atoms with E-state index in [4.69, 9.17) is 4.74 Å². The molecule has 2 aromatic carbocycles. The molecule has 3 rings (SSSR count). The van der Waals surface area contributed by atoms with Crippen molar-refractivity contribution in [2.24, 2.45) is 0 Å². The van der Waals surface area contributed by atoms with Crippen LogP contribution in [-0.4, -0.2) is 16.5 Å². The number of aromatic nitrogens is 1. The highest BCUT2D eigenvalue weighted by molar-refractivity contribution is 7.11. The van der Waals surface area contributed by atoms with Crippen molar-refractivity contribution < 1.29 is 9.66 Å². The number of hydrogen-bond donors (Lipinski definition) is 1. The van der Waals surface area contributed by atoms with Crippen molar-refractivity contribution in [2.75, 3.05) is 11.9 Å². The average Bonchev–Trinajstić information content (AvgIpc) is 3.20. The number of nitrogens with zero attached hydrogens (tertiary/aromatic N) is 3. The second kappa shape index (κ2) is 8.79. The molecule has 1 aromatic heterocycles. The Bertz CT molecular complexity index is 1030. The Hall–Kier alpha value is -3.70. The quantitative estimate of drug-likeness (QED) is 0.341. The highest BCUT2D eigenvalue weighted by Gasteiger charge is 2.11. The normalized spacial score (nSPS) is 10.9. The second-order valence-corrected chi connectivity index (χ2v) is 6.47. The van der Waals surface area contributed by atoms with Crippen molar-refractivity contribution in [3.8, 4) is 23.1 Å². The van der Waals surface area contributed by atoms with Crippen LogP contribution < -0.4 is 10.1 Å². The molecule has 0 saturated heterocycles. The van der Waals surface area contributed by atoms with Gasteiger partial charge in [0.25, 0.3) is 5.69 Å². The van der Waals surface area contributed by atoms with Gasteiger partial charge in [-0.15, -0.1) is 11.3 Å². The molecule has 0 bridgehead atoms. The summed E-state index contributed by atoms with van der Waals surface area (Å²) in [6.45, 7) is 2.53.